The number of nitrogens with two attached hydrogens (primary N) is 1. The molecule has 1 aliphatic rings. The van der Waals surface area contributed by atoms with E-state index >= 15 is 0 Å². The number of nitrogens with one attached hydrogen (secondary N) is 1. The van der Waals surface area contributed by atoms with Crippen molar-refractivity contribution in [1.29, 1.82) is 0 Å². The number of rotatable bonds is 1. The first-order valence-corrected chi connectivity index (χ1v) is 6.05. The Bertz CT molecular complexity index is 577. The van der Waals surface area contributed by atoms with Crippen molar-refractivity contribution >= 4 is 11.0 Å². The normalized spacial score (nSPS) is 25.2. The van der Waals surface area contributed by atoms with E-state index in [9.17, 15) is 4.79 Å². The molecule has 0 unspecified atom stereocenters. The van der Waals surface area contributed by atoms with E-state index in [-0.39, 0.29) is 11.7 Å². The van der Waals surface area contributed by atoms with Crippen LogP contribution in [0.3, 0.4) is 0 Å². The minimum absolute atomic E-state index is 0.0338. The number of nitrogens with zero attached hydrogens (tertiary/aromatic N) is 2. The summed E-state index contributed by atoms with van der Waals surface area (Å²) in [5, 5.41) is 0. The maximum absolute atomic E-state index is 12.0. The number of pyridine rings is 1. The highest BCUT2D eigenvalue weighted by Gasteiger charge is 2.22. The van der Waals surface area contributed by atoms with E-state index in [1.807, 2.05) is 10.6 Å². The van der Waals surface area contributed by atoms with Gasteiger partial charge in [-0.2, -0.15) is 0 Å². The summed E-state index contributed by atoms with van der Waals surface area (Å²) >= 11 is 0. The minimum atomic E-state index is -0.0338. The summed E-state index contributed by atoms with van der Waals surface area (Å²) in [7, 11) is 0. The number of H-pyrrole nitrogens is 1. The minimum Gasteiger partial charge on any atom is -0.328 e. The van der Waals surface area contributed by atoms with Crippen molar-refractivity contribution in [3.63, 3.8) is 0 Å². The summed E-state index contributed by atoms with van der Waals surface area (Å²) in [5.41, 5.74) is 7.62. The van der Waals surface area contributed by atoms with E-state index in [4.69, 9.17) is 5.73 Å². The molecule has 1 saturated carbocycles. The topological polar surface area (TPSA) is 76.7 Å². The predicted octanol–water partition coefficient (Wildman–Crippen LogP) is 1.17. The molecule has 0 aromatic carbocycles. The van der Waals surface area contributed by atoms with E-state index in [2.05, 4.69) is 9.97 Å². The molecule has 0 radical (unpaired) electrons. The second-order valence-corrected chi connectivity index (χ2v) is 4.76. The number of imidazole rings is 1. The molecule has 90 valence electrons. The lowest BCUT2D eigenvalue weighted by Crippen LogP contribution is -2.31. The van der Waals surface area contributed by atoms with Crippen LogP contribution in [0.4, 0.5) is 0 Å². The summed E-state index contributed by atoms with van der Waals surface area (Å²) in [6, 6.07) is 2.47. The third-order valence-electron chi connectivity index (χ3n) is 3.62. The van der Waals surface area contributed by atoms with Crippen molar-refractivity contribution < 1.29 is 0 Å². The second-order valence-electron chi connectivity index (χ2n) is 4.76. The highest BCUT2D eigenvalue weighted by atomic mass is 16.1. The van der Waals surface area contributed by atoms with Gasteiger partial charge >= 0.3 is 5.69 Å². The SMILES string of the molecule is N[C@H]1CC[C@H](n2c(=O)[nH]c3cnccc32)CC1. The maximum atomic E-state index is 12.0. The van der Waals surface area contributed by atoms with Gasteiger partial charge in [-0.1, -0.05) is 0 Å². The zero-order valence-electron chi connectivity index (χ0n) is 9.60. The molecule has 0 atom stereocenters. The van der Waals surface area contributed by atoms with Crippen LogP contribution in [-0.2, 0) is 0 Å². The number of hydrogen-bond donors (Lipinski definition) is 2. The highest BCUT2D eigenvalue weighted by Crippen LogP contribution is 2.28. The molecule has 0 bridgehead atoms. The van der Waals surface area contributed by atoms with Gasteiger partial charge in [-0.05, 0) is 31.7 Å². The van der Waals surface area contributed by atoms with Crippen LogP contribution >= 0.6 is 0 Å². The molecule has 17 heavy (non-hydrogen) atoms. The lowest BCUT2D eigenvalue weighted by Gasteiger charge is -2.26. The Morgan fingerprint density at radius 3 is 2.88 bits per heavy atom. The number of fused-ring (bicyclic) bond motifs is 1. The molecule has 0 spiro atoms. The van der Waals surface area contributed by atoms with E-state index < -0.39 is 0 Å². The predicted molar refractivity (Wildman–Crippen MR) is 65.8 cm³/mol. The third kappa shape index (κ3) is 1.76. The fraction of sp³-hybridized carbons (Fsp3) is 0.500. The molecule has 5 nitrogen and oxygen atoms in total. The summed E-state index contributed by atoms with van der Waals surface area (Å²) in [4.78, 5) is 18.8. The molecule has 2 aromatic heterocycles. The van der Waals surface area contributed by atoms with Crippen LogP contribution in [0.25, 0.3) is 11.0 Å². The van der Waals surface area contributed by atoms with Gasteiger partial charge in [0.05, 0.1) is 17.2 Å². The van der Waals surface area contributed by atoms with Crippen LogP contribution in [0.2, 0.25) is 0 Å². The van der Waals surface area contributed by atoms with Crippen molar-refractivity contribution in [1.82, 2.24) is 14.5 Å². The van der Waals surface area contributed by atoms with E-state index in [0.29, 0.717) is 6.04 Å². The average molecular weight is 232 g/mol. The molecule has 3 rings (SSSR count). The van der Waals surface area contributed by atoms with Crippen molar-refractivity contribution in [2.45, 2.75) is 37.8 Å². The fourth-order valence-corrected chi connectivity index (χ4v) is 2.70. The molecule has 0 saturated heterocycles. The fourth-order valence-electron chi connectivity index (χ4n) is 2.70. The zero-order valence-corrected chi connectivity index (χ0v) is 9.60. The Morgan fingerprint density at radius 2 is 2.12 bits per heavy atom. The van der Waals surface area contributed by atoms with Gasteiger partial charge < -0.3 is 10.7 Å². The number of aromatic amines is 1. The van der Waals surface area contributed by atoms with Gasteiger partial charge in [-0.15, -0.1) is 0 Å². The first-order chi connectivity index (χ1) is 8.25. The van der Waals surface area contributed by atoms with Gasteiger partial charge in [0.2, 0.25) is 0 Å². The number of hydrogen-bond acceptors (Lipinski definition) is 3. The summed E-state index contributed by atoms with van der Waals surface area (Å²) in [6.07, 6.45) is 7.37. The molecular weight excluding hydrogens is 216 g/mol. The Balaban J connectivity index is 2.05. The molecule has 2 heterocycles. The lowest BCUT2D eigenvalue weighted by atomic mass is 9.91. The second kappa shape index (κ2) is 4.00. The zero-order chi connectivity index (χ0) is 11.8. The lowest BCUT2D eigenvalue weighted by molar-refractivity contribution is 0.324. The molecule has 1 fully saturated rings. The van der Waals surface area contributed by atoms with Crippen molar-refractivity contribution in [3.8, 4) is 0 Å². The molecule has 0 aliphatic heterocycles. The third-order valence-corrected chi connectivity index (χ3v) is 3.62. The van der Waals surface area contributed by atoms with Gasteiger partial charge in [-0.25, -0.2) is 4.79 Å². The monoisotopic (exact) mass is 232 g/mol. The molecule has 0 amide bonds. The smallest absolute Gasteiger partial charge is 0.326 e. The average Bonchev–Trinajstić information content (AvgIpc) is 2.66. The Kier molecular flexibility index (Phi) is 2.48. The van der Waals surface area contributed by atoms with Gasteiger partial charge in [0.1, 0.15) is 0 Å². The Hall–Kier alpha value is -1.62. The number of aromatic nitrogens is 3. The maximum Gasteiger partial charge on any atom is 0.326 e. The summed E-state index contributed by atoms with van der Waals surface area (Å²) in [6.45, 7) is 0. The van der Waals surface area contributed by atoms with Crippen molar-refractivity contribution in [2.75, 3.05) is 0 Å². The Morgan fingerprint density at radius 1 is 1.35 bits per heavy atom. The van der Waals surface area contributed by atoms with Gasteiger partial charge in [0.15, 0.2) is 0 Å². The molecule has 2 aromatic rings. The summed E-state index contributed by atoms with van der Waals surface area (Å²) < 4.78 is 1.86. The molecule has 1 aliphatic carbocycles. The van der Waals surface area contributed by atoms with Crippen molar-refractivity contribution in [3.05, 3.63) is 28.9 Å². The molecular formula is C12H16N4O. The first kappa shape index (κ1) is 10.5. The van der Waals surface area contributed by atoms with E-state index in [1.165, 1.54) is 0 Å². The van der Waals surface area contributed by atoms with Gasteiger partial charge in [-0.3, -0.25) is 9.55 Å². The van der Waals surface area contributed by atoms with Crippen molar-refractivity contribution in [2.24, 2.45) is 5.73 Å². The molecule has 5 heteroatoms. The highest BCUT2D eigenvalue weighted by molar-refractivity contribution is 5.73. The van der Waals surface area contributed by atoms with Crippen LogP contribution in [0.1, 0.15) is 31.7 Å². The summed E-state index contributed by atoms with van der Waals surface area (Å²) in [5.74, 6) is 0. The largest absolute Gasteiger partial charge is 0.328 e. The van der Waals surface area contributed by atoms with Crippen LogP contribution < -0.4 is 11.4 Å². The van der Waals surface area contributed by atoms with E-state index in [0.717, 1.165) is 36.7 Å². The van der Waals surface area contributed by atoms with Gasteiger partial charge in [0.25, 0.3) is 0 Å². The van der Waals surface area contributed by atoms with E-state index in [1.54, 1.807) is 12.4 Å². The van der Waals surface area contributed by atoms with Crippen LogP contribution in [0.5, 0.6) is 0 Å². The van der Waals surface area contributed by atoms with Crippen LogP contribution in [0, 0.1) is 0 Å². The first-order valence-electron chi connectivity index (χ1n) is 6.05. The van der Waals surface area contributed by atoms with Crippen LogP contribution in [0.15, 0.2) is 23.3 Å². The standard InChI is InChI=1S/C12H16N4O/c13-8-1-3-9(4-2-8)16-11-5-6-14-7-10(11)15-12(16)17/h5-9H,1-4,13H2,(H,15,17)/t8-,9-. The van der Waals surface area contributed by atoms with Crippen LogP contribution in [-0.4, -0.2) is 20.6 Å². The Labute approximate surface area is 98.7 Å². The van der Waals surface area contributed by atoms with Gasteiger partial charge in [0, 0.05) is 18.3 Å². The molecule has 3 N–H and O–H groups in total. The quantitative estimate of drug-likeness (QED) is 0.774.